The lowest BCUT2D eigenvalue weighted by atomic mass is 10.2. The van der Waals surface area contributed by atoms with Crippen molar-refractivity contribution in [2.24, 2.45) is 5.92 Å². The molecular weight excluding hydrogens is 286 g/mol. The number of hydrogen-bond acceptors (Lipinski definition) is 5. The topological polar surface area (TPSA) is 64.1 Å². The van der Waals surface area contributed by atoms with Gasteiger partial charge in [-0.3, -0.25) is 10.1 Å². The maximum absolute atomic E-state index is 12.3. The van der Waals surface area contributed by atoms with Gasteiger partial charge in [-0.15, -0.1) is 10.2 Å². The maximum atomic E-state index is 12.3. The van der Waals surface area contributed by atoms with Crippen LogP contribution in [0.3, 0.4) is 0 Å². The largest absolute Gasteiger partial charge is 0.492 e. The number of ether oxygens (including phenoxy) is 1. The summed E-state index contributed by atoms with van der Waals surface area (Å²) in [7, 11) is 0. The summed E-state index contributed by atoms with van der Waals surface area (Å²) in [5.41, 5.74) is 0.506. The Hall–Kier alpha value is -1.95. The van der Waals surface area contributed by atoms with Crippen molar-refractivity contribution in [3.8, 4) is 5.75 Å². The van der Waals surface area contributed by atoms with Gasteiger partial charge >= 0.3 is 0 Å². The second kappa shape index (κ2) is 7.17. The molecule has 1 aromatic heterocycles. The van der Waals surface area contributed by atoms with E-state index in [-0.39, 0.29) is 5.91 Å². The van der Waals surface area contributed by atoms with Gasteiger partial charge in [-0.05, 0) is 24.5 Å². The van der Waals surface area contributed by atoms with Gasteiger partial charge in [-0.2, -0.15) is 0 Å². The van der Waals surface area contributed by atoms with E-state index in [0.29, 0.717) is 29.0 Å². The van der Waals surface area contributed by atoms with E-state index in [1.165, 1.54) is 11.3 Å². The van der Waals surface area contributed by atoms with E-state index in [2.05, 4.69) is 29.4 Å². The van der Waals surface area contributed by atoms with Crippen LogP contribution < -0.4 is 10.1 Å². The molecule has 0 aliphatic rings. The smallest absolute Gasteiger partial charge is 0.261 e. The van der Waals surface area contributed by atoms with Crippen molar-refractivity contribution < 1.29 is 9.53 Å². The summed E-state index contributed by atoms with van der Waals surface area (Å²) in [5.74, 6) is 0.758. The third kappa shape index (κ3) is 4.26. The van der Waals surface area contributed by atoms with Gasteiger partial charge in [-0.1, -0.05) is 44.2 Å². The normalized spacial score (nSPS) is 10.7. The molecule has 5 nitrogen and oxygen atoms in total. The highest BCUT2D eigenvalue weighted by molar-refractivity contribution is 7.15. The molecule has 0 aliphatic carbocycles. The molecule has 1 aromatic carbocycles. The maximum Gasteiger partial charge on any atom is 0.261 e. The molecule has 0 aliphatic heterocycles. The number of nitrogens with one attached hydrogen (secondary N) is 1. The number of rotatable bonds is 6. The number of aromatic nitrogens is 2. The van der Waals surface area contributed by atoms with E-state index in [1.54, 1.807) is 12.1 Å². The summed E-state index contributed by atoms with van der Waals surface area (Å²) in [6.45, 7) is 6.71. The molecule has 21 heavy (non-hydrogen) atoms. The Kier molecular flexibility index (Phi) is 5.27. The standard InChI is InChI=1S/C15H19N3O2S/c1-4-13-17-18-15(21-13)16-14(19)11-7-5-6-8-12(11)20-9-10(2)3/h5-8,10H,4,9H2,1-3H3,(H,16,18,19). The van der Waals surface area contributed by atoms with Gasteiger partial charge in [-0.25, -0.2) is 0 Å². The SMILES string of the molecule is CCc1nnc(NC(=O)c2ccccc2OCC(C)C)s1. The predicted molar refractivity (Wildman–Crippen MR) is 84.0 cm³/mol. The predicted octanol–water partition coefficient (Wildman–Crippen LogP) is 3.39. The van der Waals surface area contributed by atoms with E-state index < -0.39 is 0 Å². The van der Waals surface area contributed by atoms with Crippen molar-refractivity contribution in [2.75, 3.05) is 11.9 Å². The molecule has 0 radical (unpaired) electrons. The van der Waals surface area contributed by atoms with Crippen LogP contribution in [0, 0.1) is 5.92 Å². The first-order valence-electron chi connectivity index (χ1n) is 6.95. The quantitative estimate of drug-likeness (QED) is 0.888. The summed E-state index contributed by atoms with van der Waals surface area (Å²) in [5, 5.41) is 12.1. The van der Waals surface area contributed by atoms with Crippen molar-refractivity contribution in [3.05, 3.63) is 34.8 Å². The number of benzene rings is 1. The third-order valence-corrected chi connectivity index (χ3v) is 3.68. The molecule has 2 rings (SSSR count). The van der Waals surface area contributed by atoms with E-state index >= 15 is 0 Å². The third-order valence-electron chi connectivity index (χ3n) is 2.69. The summed E-state index contributed by atoms with van der Waals surface area (Å²) in [4.78, 5) is 12.3. The molecule has 0 saturated heterocycles. The number of carbonyl (C=O) groups excluding carboxylic acids is 1. The fraction of sp³-hybridized carbons (Fsp3) is 0.400. The Morgan fingerprint density at radius 1 is 1.33 bits per heavy atom. The molecule has 2 aromatic rings. The van der Waals surface area contributed by atoms with Gasteiger partial charge in [0.1, 0.15) is 10.8 Å². The van der Waals surface area contributed by atoms with Crippen LogP contribution in [0.1, 0.15) is 36.1 Å². The lowest BCUT2D eigenvalue weighted by Crippen LogP contribution is -2.14. The summed E-state index contributed by atoms with van der Waals surface area (Å²) in [6, 6.07) is 7.21. The minimum atomic E-state index is -0.229. The molecule has 0 atom stereocenters. The second-order valence-electron chi connectivity index (χ2n) is 5.01. The van der Waals surface area contributed by atoms with E-state index in [4.69, 9.17) is 4.74 Å². The Labute approximate surface area is 128 Å². The average Bonchev–Trinajstić information content (AvgIpc) is 2.93. The zero-order valence-electron chi connectivity index (χ0n) is 12.4. The number of para-hydroxylation sites is 1. The van der Waals surface area contributed by atoms with Crippen LogP contribution in [0.25, 0.3) is 0 Å². The van der Waals surface area contributed by atoms with Crippen molar-refractivity contribution >= 4 is 22.4 Å². The van der Waals surface area contributed by atoms with Gasteiger partial charge in [0.2, 0.25) is 5.13 Å². The van der Waals surface area contributed by atoms with Gasteiger partial charge < -0.3 is 4.74 Å². The summed E-state index contributed by atoms with van der Waals surface area (Å²) in [6.07, 6.45) is 0.807. The summed E-state index contributed by atoms with van der Waals surface area (Å²) < 4.78 is 5.69. The summed E-state index contributed by atoms with van der Waals surface area (Å²) >= 11 is 1.38. The molecule has 1 N–H and O–H groups in total. The monoisotopic (exact) mass is 305 g/mol. The van der Waals surface area contributed by atoms with Crippen LogP contribution in [0.15, 0.2) is 24.3 Å². The van der Waals surface area contributed by atoms with Crippen molar-refractivity contribution in [1.82, 2.24) is 10.2 Å². The fourth-order valence-corrected chi connectivity index (χ4v) is 2.32. The van der Waals surface area contributed by atoms with E-state index in [0.717, 1.165) is 11.4 Å². The minimum absolute atomic E-state index is 0.229. The Balaban J connectivity index is 2.11. The Bertz CT molecular complexity index is 610. The highest BCUT2D eigenvalue weighted by Gasteiger charge is 2.14. The molecule has 112 valence electrons. The molecular formula is C15H19N3O2S. The van der Waals surface area contributed by atoms with Crippen molar-refractivity contribution in [2.45, 2.75) is 27.2 Å². The Morgan fingerprint density at radius 2 is 2.10 bits per heavy atom. The zero-order valence-corrected chi connectivity index (χ0v) is 13.2. The van der Waals surface area contributed by atoms with Crippen LogP contribution >= 0.6 is 11.3 Å². The first-order valence-corrected chi connectivity index (χ1v) is 7.77. The molecule has 0 unspecified atom stereocenters. The van der Waals surface area contributed by atoms with Gasteiger partial charge in [0, 0.05) is 0 Å². The van der Waals surface area contributed by atoms with Crippen LogP contribution in [0.2, 0.25) is 0 Å². The highest BCUT2D eigenvalue weighted by Crippen LogP contribution is 2.22. The van der Waals surface area contributed by atoms with Crippen LogP contribution in [0.4, 0.5) is 5.13 Å². The van der Waals surface area contributed by atoms with E-state index in [1.807, 2.05) is 19.1 Å². The zero-order chi connectivity index (χ0) is 15.2. The van der Waals surface area contributed by atoms with Crippen molar-refractivity contribution in [3.63, 3.8) is 0 Å². The lowest BCUT2D eigenvalue weighted by molar-refractivity contribution is 0.102. The van der Waals surface area contributed by atoms with Crippen LogP contribution in [0.5, 0.6) is 5.75 Å². The molecule has 0 fully saturated rings. The minimum Gasteiger partial charge on any atom is -0.492 e. The molecule has 1 amide bonds. The second-order valence-corrected chi connectivity index (χ2v) is 6.07. The Morgan fingerprint density at radius 3 is 2.76 bits per heavy atom. The van der Waals surface area contributed by atoms with Gasteiger partial charge in [0.15, 0.2) is 0 Å². The van der Waals surface area contributed by atoms with Gasteiger partial charge in [0.25, 0.3) is 5.91 Å². The highest BCUT2D eigenvalue weighted by atomic mass is 32.1. The fourth-order valence-electron chi connectivity index (χ4n) is 1.65. The van der Waals surface area contributed by atoms with Crippen LogP contribution in [-0.2, 0) is 6.42 Å². The number of nitrogens with zero attached hydrogens (tertiary/aromatic N) is 2. The molecule has 0 spiro atoms. The number of aryl methyl sites for hydroxylation is 1. The number of carbonyl (C=O) groups is 1. The number of hydrogen-bond donors (Lipinski definition) is 1. The van der Waals surface area contributed by atoms with Crippen molar-refractivity contribution in [1.29, 1.82) is 0 Å². The van der Waals surface area contributed by atoms with Gasteiger partial charge in [0.05, 0.1) is 12.2 Å². The first-order chi connectivity index (χ1) is 10.1. The molecule has 0 bridgehead atoms. The average molecular weight is 305 g/mol. The number of anilines is 1. The first kappa shape index (κ1) is 15.4. The molecule has 0 saturated carbocycles. The lowest BCUT2D eigenvalue weighted by Gasteiger charge is -2.12. The molecule has 6 heteroatoms. The molecule has 1 heterocycles. The van der Waals surface area contributed by atoms with Crippen LogP contribution in [-0.4, -0.2) is 22.7 Å². The van der Waals surface area contributed by atoms with E-state index in [9.17, 15) is 4.79 Å². The number of amides is 1.